The van der Waals surface area contributed by atoms with Crippen molar-refractivity contribution in [2.45, 2.75) is 12.5 Å². The Hall–Kier alpha value is -0.850. The highest BCUT2D eigenvalue weighted by atomic mass is 15.3. The third-order valence-electron chi connectivity index (χ3n) is 2.50. The maximum atomic E-state index is 8.67. The quantitative estimate of drug-likeness (QED) is 0.597. The largest absolute Gasteiger partial charge is 0.304 e. The highest BCUT2D eigenvalue weighted by molar-refractivity contribution is 4.90. The highest BCUT2D eigenvalue weighted by Crippen LogP contribution is 2.10. The summed E-state index contributed by atoms with van der Waals surface area (Å²) in [7, 11) is 2.11. The second-order valence-electron chi connectivity index (χ2n) is 3.56. The number of rotatable bonds is 3. The summed E-state index contributed by atoms with van der Waals surface area (Å²) in [6.45, 7) is 7.78. The van der Waals surface area contributed by atoms with Gasteiger partial charge in [0.2, 0.25) is 0 Å². The van der Waals surface area contributed by atoms with Crippen LogP contribution in [0.15, 0.2) is 12.7 Å². The van der Waals surface area contributed by atoms with Gasteiger partial charge in [-0.3, -0.25) is 4.90 Å². The summed E-state index contributed by atoms with van der Waals surface area (Å²) in [5.74, 6) is 0. The van der Waals surface area contributed by atoms with Crippen molar-refractivity contribution >= 4 is 0 Å². The van der Waals surface area contributed by atoms with Gasteiger partial charge in [0.1, 0.15) is 0 Å². The van der Waals surface area contributed by atoms with Gasteiger partial charge in [-0.1, -0.05) is 6.08 Å². The first kappa shape index (κ1) is 10.2. The molecule has 0 N–H and O–H groups in total. The lowest BCUT2D eigenvalue weighted by molar-refractivity contribution is 0.103. The second kappa shape index (κ2) is 5.00. The molecular formula is C10H17N3. The van der Waals surface area contributed by atoms with Crippen molar-refractivity contribution in [3.63, 3.8) is 0 Å². The molecule has 0 aromatic heterocycles. The fraction of sp³-hybridized carbons (Fsp3) is 0.700. The van der Waals surface area contributed by atoms with Gasteiger partial charge in [0.25, 0.3) is 0 Å². The van der Waals surface area contributed by atoms with E-state index in [1.165, 1.54) is 0 Å². The van der Waals surface area contributed by atoms with Crippen LogP contribution in [-0.4, -0.2) is 49.1 Å². The fourth-order valence-electron chi connectivity index (χ4n) is 1.75. The summed E-state index contributed by atoms with van der Waals surface area (Å²) in [4.78, 5) is 4.61. The van der Waals surface area contributed by atoms with Crippen LogP contribution in [0.5, 0.6) is 0 Å². The summed E-state index contributed by atoms with van der Waals surface area (Å²) in [6.07, 6.45) is 2.54. The molecule has 0 aromatic rings. The molecule has 1 aliphatic heterocycles. The molecule has 0 spiro atoms. The zero-order valence-electron chi connectivity index (χ0n) is 8.24. The molecule has 0 aromatic carbocycles. The molecule has 0 bridgehead atoms. The van der Waals surface area contributed by atoms with E-state index >= 15 is 0 Å². The van der Waals surface area contributed by atoms with Gasteiger partial charge in [0.05, 0.1) is 12.5 Å². The highest BCUT2D eigenvalue weighted by Gasteiger charge is 2.23. The van der Waals surface area contributed by atoms with E-state index in [2.05, 4.69) is 29.5 Å². The van der Waals surface area contributed by atoms with E-state index in [1.54, 1.807) is 0 Å². The van der Waals surface area contributed by atoms with Crippen molar-refractivity contribution in [1.29, 1.82) is 5.26 Å². The zero-order valence-corrected chi connectivity index (χ0v) is 8.24. The van der Waals surface area contributed by atoms with Gasteiger partial charge in [-0.25, -0.2) is 0 Å². The molecule has 13 heavy (non-hydrogen) atoms. The van der Waals surface area contributed by atoms with Crippen LogP contribution in [0.25, 0.3) is 0 Å². The molecule has 0 aliphatic carbocycles. The lowest BCUT2D eigenvalue weighted by Gasteiger charge is -2.38. The number of hydrogen-bond acceptors (Lipinski definition) is 3. The van der Waals surface area contributed by atoms with Crippen molar-refractivity contribution in [1.82, 2.24) is 9.80 Å². The monoisotopic (exact) mass is 179 g/mol. The van der Waals surface area contributed by atoms with Crippen molar-refractivity contribution in [2.75, 3.05) is 33.2 Å². The van der Waals surface area contributed by atoms with Gasteiger partial charge in [0, 0.05) is 32.2 Å². The molecule has 1 fully saturated rings. The van der Waals surface area contributed by atoms with Crippen LogP contribution in [0, 0.1) is 11.3 Å². The first-order chi connectivity index (χ1) is 6.27. The first-order valence-electron chi connectivity index (χ1n) is 4.68. The van der Waals surface area contributed by atoms with E-state index in [1.807, 2.05) is 6.08 Å². The van der Waals surface area contributed by atoms with Crippen molar-refractivity contribution < 1.29 is 0 Å². The lowest BCUT2D eigenvalue weighted by Crippen LogP contribution is -2.51. The minimum Gasteiger partial charge on any atom is -0.304 e. The van der Waals surface area contributed by atoms with Gasteiger partial charge >= 0.3 is 0 Å². The maximum Gasteiger partial charge on any atom is 0.0638 e. The van der Waals surface area contributed by atoms with E-state index in [0.29, 0.717) is 12.5 Å². The van der Waals surface area contributed by atoms with Gasteiger partial charge in [-0.15, -0.1) is 6.58 Å². The molecule has 1 unspecified atom stereocenters. The molecule has 72 valence electrons. The van der Waals surface area contributed by atoms with Gasteiger partial charge in [-0.2, -0.15) is 5.26 Å². The minimum absolute atomic E-state index is 0.391. The standard InChI is InChI=1S/C10H17N3/c1-3-6-13-8-7-12(2)9-10(13)4-5-11/h3,10H,1,4,6-9H2,2H3. The zero-order chi connectivity index (χ0) is 9.68. The van der Waals surface area contributed by atoms with Gasteiger partial charge in [-0.05, 0) is 7.05 Å². The molecule has 3 nitrogen and oxygen atoms in total. The van der Waals surface area contributed by atoms with Crippen LogP contribution in [0.4, 0.5) is 0 Å². The van der Waals surface area contributed by atoms with Crippen LogP contribution in [-0.2, 0) is 0 Å². The third kappa shape index (κ3) is 2.83. The fourth-order valence-corrected chi connectivity index (χ4v) is 1.75. The Morgan fingerprint density at radius 1 is 1.62 bits per heavy atom. The molecule has 1 atom stereocenters. The average molecular weight is 179 g/mol. The molecule has 1 saturated heterocycles. The predicted molar refractivity (Wildman–Crippen MR) is 53.3 cm³/mol. The Morgan fingerprint density at radius 3 is 3.00 bits per heavy atom. The van der Waals surface area contributed by atoms with Crippen molar-refractivity contribution in [3.8, 4) is 6.07 Å². The first-order valence-corrected chi connectivity index (χ1v) is 4.68. The number of hydrogen-bond donors (Lipinski definition) is 0. The second-order valence-corrected chi connectivity index (χ2v) is 3.56. The maximum absolute atomic E-state index is 8.67. The minimum atomic E-state index is 0.391. The number of nitriles is 1. The van der Waals surface area contributed by atoms with Crippen LogP contribution in [0.3, 0.4) is 0 Å². The lowest BCUT2D eigenvalue weighted by atomic mass is 10.1. The third-order valence-corrected chi connectivity index (χ3v) is 2.50. The average Bonchev–Trinajstić information content (AvgIpc) is 2.10. The van der Waals surface area contributed by atoms with E-state index < -0.39 is 0 Å². The van der Waals surface area contributed by atoms with Crippen LogP contribution < -0.4 is 0 Å². The van der Waals surface area contributed by atoms with Gasteiger partial charge in [0.15, 0.2) is 0 Å². The Kier molecular flexibility index (Phi) is 3.94. The number of likely N-dealkylation sites (N-methyl/N-ethyl adjacent to an activating group) is 1. The predicted octanol–water partition coefficient (Wildman–Crippen LogP) is 0.702. The SMILES string of the molecule is C=CCN1CCN(C)CC1CC#N. The van der Waals surface area contributed by atoms with Crippen molar-refractivity contribution in [3.05, 3.63) is 12.7 Å². The smallest absolute Gasteiger partial charge is 0.0638 e. The summed E-state index contributed by atoms with van der Waals surface area (Å²) < 4.78 is 0. The van der Waals surface area contributed by atoms with Crippen LogP contribution in [0.1, 0.15) is 6.42 Å². The molecule has 1 heterocycles. The molecule has 3 heteroatoms. The van der Waals surface area contributed by atoms with E-state index in [-0.39, 0.29) is 0 Å². The Labute approximate surface area is 80.2 Å². The molecule has 1 aliphatic rings. The molecular weight excluding hydrogens is 162 g/mol. The van der Waals surface area contributed by atoms with E-state index in [9.17, 15) is 0 Å². The number of piperazine rings is 1. The summed E-state index contributed by atoms with van der Waals surface area (Å²) in [5, 5.41) is 8.67. The summed E-state index contributed by atoms with van der Waals surface area (Å²) >= 11 is 0. The molecule has 0 amide bonds. The van der Waals surface area contributed by atoms with E-state index in [4.69, 9.17) is 5.26 Å². The molecule has 0 radical (unpaired) electrons. The molecule has 0 saturated carbocycles. The summed E-state index contributed by atoms with van der Waals surface area (Å²) in [5.41, 5.74) is 0. The Morgan fingerprint density at radius 2 is 2.38 bits per heavy atom. The number of nitrogens with zero attached hydrogens (tertiary/aromatic N) is 3. The van der Waals surface area contributed by atoms with Crippen molar-refractivity contribution in [2.24, 2.45) is 0 Å². The topological polar surface area (TPSA) is 30.3 Å². The summed E-state index contributed by atoms with van der Waals surface area (Å²) in [6, 6.07) is 2.63. The van der Waals surface area contributed by atoms with Crippen LogP contribution >= 0.6 is 0 Å². The Bertz CT molecular complexity index is 207. The van der Waals surface area contributed by atoms with Crippen LogP contribution in [0.2, 0.25) is 0 Å². The van der Waals surface area contributed by atoms with Gasteiger partial charge < -0.3 is 4.90 Å². The molecule has 1 rings (SSSR count). The normalized spacial score (nSPS) is 25.4. The Balaban J connectivity index is 2.50. The van der Waals surface area contributed by atoms with E-state index in [0.717, 1.165) is 26.2 Å².